The van der Waals surface area contributed by atoms with Crippen molar-refractivity contribution in [3.05, 3.63) is 83.2 Å². The van der Waals surface area contributed by atoms with Gasteiger partial charge in [0.15, 0.2) is 0 Å². The van der Waals surface area contributed by atoms with Crippen LogP contribution in [0, 0.1) is 0 Å². The molecule has 0 nitrogen and oxygen atoms in total. The standard InChI is InChI=1S/C18H14S/c1-3-7-15(8-4-1)11-12-16-13-18(19-14-16)17-9-5-2-6-10-17/h1-14H/b12-11+. The monoisotopic (exact) mass is 262 g/mol. The number of benzene rings is 2. The van der Waals surface area contributed by atoms with Crippen LogP contribution >= 0.6 is 11.3 Å². The number of rotatable bonds is 3. The third-order valence-corrected chi connectivity index (χ3v) is 3.94. The Morgan fingerprint density at radius 3 is 2.05 bits per heavy atom. The molecule has 0 aliphatic heterocycles. The van der Waals surface area contributed by atoms with Crippen LogP contribution in [-0.4, -0.2) is 0 Å². The van der Waals surface area contributed by atoms with Crippen molar-refractivity contribution in [3.63, 3.8) is 0 Å². The van der Waals surface area contributed by atoms with Gasteiger partial charge in [0.2, 0.25) is 0 Å². The fourth-order valence-corrected chi connectivity index (χ4v) is 2.83. The van der Waals surface area contributed by atoms with Crippen molar-refractivity contribution in [3.8, 4) is 10.4 Å². The second-order valence-electron chi connectivity index (χ2n) is 4.35. The highest BCUT2D eigenvalue weighted by Gasteiger charge is 1.99. The van der Waals surface area contributed by atoms with Gasteiger partial charge in [-0.25, -0.2) is 0 Å². The minimum absolute atomic E-state index is 1.23. The molecule has 0 saturated carbocycles. The van der Waals surface area contributed by atoms with Crippen LogP contribution in [0.1, 0.15) is 11.1 Å². The van der Waals surface area contributed by atoms with Crippen LogP contribution in [0.3, 0.4) is 0 Å². The molecule has 19 heavy (non-hydrogen) atoms. The summed E-state index contributed by atoms with van der Waals surface area (Å²) in [4.78, 5) is 1.31. The maximum Gasteiger partial charge on any atom is 0.0348 e. The minimum Gasteiger partial charge on any atom is -0.143 e. The van der Waals surface area contributed by atoms with E-state index in [4.69, 9.17) is 0 Å². The predicted molar refractivity (Wildman–Crippen MR) is 85.1 cm³/mol. The lowest BCUT2D eigenvalue weighted by Gasteiger charge is -1.94. The zero-order chi connectivity index (χ0) is 12.9. The van der Waals surface area contributed by atoms with Crippen LogP contribution in [0.4, 0.5) is 0 Å². The Labute approximate surface area is 117 Å². The lowest BCUT2D eigenvalue weighted by molar-refractivity contribution is 1.66. The van der Waals surface area contributed by atoms with Gasteiger partial charge in [-0.2, -0.15) is 0 Å². The molecule has 0 radical (unpaired) electrons. The molecule has 1 heterocycles. The first kappa shape index (κ1) is 11.9. The van der Waals surface area contributed by atoms with E-state index in [9.17, 15) is 0 Å². The van der Waals surface area contributed by atoms with E-state index in [1.807, 2.05) is 12.1 Å². The van der Waals surface area contributed by atoms with E-state index in [2.05, 4.69) is 72.1 Å². The highest BCUT2D eigenvalue weighted by atomic mass is 32.1. The van der Waals surface area contributed by atoms with Gasteiger partial charge in [0.05, 0.1) is 0 Å². The summed E-state index contributed by atoms with van der Waals surface area (Å²) in [7, 11) is 0. The summed E-state index contributed by atoms with van der Waals surface area (Å²) in [5.41, 5.74) is 3.77. The molecule has 0 amide bonds. The smallest absolute Gasteiger partial charge is 0.0348 e. The van der Waals surface area contributed by atoms with Gasteiger partial charge in [0, 0.05) is 4.88 Å². The van der Waals surface area contributed by atoms with E-state index in [0.29, 0.717) is 0 Å². The average molecular weight is 262 g/mol. The van der Waals surface area contributed by atoms with Gasteiger partial charge in [-0.15, -0.1) is 11.3 Å². The van der Waals surface area contributed by atoms with E-state index in [-0.39, 0.29) is 0 Å². The third kappa shape index (κ3) is 3.01. The van der Waals surface area contributed by atoms with Crippen LogP contribution in [-0.2, 0) is 0 Å². The number of hydrogen-bond donors (Lipinski definition) is 0. The Hall–Kier alpha value is -2.12. The molecule has 0 spiro atoms. The Morgan fingerprint density at radius 2 is 1.32 bits per heavy atom. The second-order valence-corrected chi connectivity index (χ2v) is 5.27. The third-order valence-electron chi connectivity index (χ3n) is 2.95. The topological polar surface area (TPSA) is 0 Å². The maximum atomic E-state index is 2.24. The Bertz CT molecular complexity index is 663. The Morgan fingerprint density at radius 1 is 0.684 bits per heavy atom. The van der Waals surface area contributed by atoms with Gasteiger partial charge in [0.25, 0.3) is 0 Å². The molecule has 1 heteroatoms. The summed E-state index contributed by atoms with van der Waals surface area (Å²) >= 11 is 1.79. The number of hydrogen-bond acceptors (Lipinski definition) is 1. The molecule has 3 aromatic rings. The molecule has 0 bridgehead atoms. The molecule has 1 aromatic heterocycles. The first-order valence-corrected chi connectivity index (χ1v) is 7.17. The van der Waals surface area contributed by atoms with Gasteiger partial charge >= 0.3 is 0 Å². The molecule has 0 unspecified atom stereocenters. The summed E-state index contributed by atoms with van der Waals surface area (Å²) in [5.74, 6) is 0. The Balaban J connectivity index is 1.81. The van der Waals surface area contributed by atoms with Crippen LogP contribution in [0.2, 0.25) is 0 Å². The summed E-state index contributed by atoms with van der Waals surface area (Å²) in [6.07, 6.45) is 4.31. The molecule has 0 aliphatic rings. The number of thiophene rings is 1. The molecule has 0 saturated heterocycles. The molecule has 0 atom stereocenters. The van der Waals surface area contributed by atoms with Crippen molar-refractivity contribution in [1.29, 1.82) is 0 Å². The van der Waals surface area contributed by atoms with Crippen LogP contribution in [0.5, 0.6) is 0 Å². The molecule has 92 valence electrons. The second kappa shape index (κ2) is 5.68. The minimum atomic E-state index is 1.23. The highest BCUT2D eigenvalue weighted by Crippen LogP contribution is 2.27. The molecule has 0 aliphatic carbocycles. The van der Waals surface area contributed by atoms with Crippen molar-refractivity contribution >= 4 is 23.5 Å². The van der Waals surface area contributed by atoms with E-state index < -0.39 is 0 Å². The molecule has 0 N–H and O–H groups in total. The van der Waals surface area contributed by atoms with Gasteiger partial charge in [-0.1, -0.05) is 72.8 Å². The maximum absolute atomic E-state index is 2.24. The highest BCUT2D eigenvalue weighted by molar-refractivity contribution is 7.13. The summed E-state index contributed by atoms with van der Waals surface area (Å²) < 4.78 is 0. The molecule has 3 rings (SSSR count). The van der Waals surface area contributed by atoms with Crippen LogP contribution < -0.4 is 0 Å². The van der Waals surface area contributed by atoms with Crippen molar-refractivity contribution in [2.24, 2.45) is 0 Å². The largest absolute Gasteiger partial charge is 0.143 e. The van der Waals surface area contributed by atoms with Crippen molar-refractivity contribution in [1.82, 2.24) is 0 Å². The van der Waals surface area contributed by atoms with E-state index in [0.717, 1.165) is 0 Å². The SMILES string of the molecule is C(=C\c1csc(-c2ccccc2)c1)/c1ccccc1. The normalized spacial score (nSPS) is 10.9. The fraction of sp³-hybridized carbons (Fsp3) is 0. The van der Waals surface area contributed by atoms with Crippen molar-refractivity contribution < 1.29 is 0 Å². The fourth-order valence-electron chi connectivity index (χ4n) is 1.95. The molecule has 0 fully saturated rings. The average Bonchev–Trinajstić information content (AvgIpc) is 2.96. The first-order chi connectivity index (χ1) is 9.42. The Kier molecular flexibility index (Phi) is 3.57. The van der Waals surface area contributed by atoms with E-state index in [1.165, 1.54) is 21.6 Å². The van der Waals surface area contributed by atoms with Crippen molar-refractivity contribution in [2.45, 2.75) is 0 Å². The summed E-state index contributed by atoms with van der Waals surface area (Å²) in [5, 5.41) is 2.20. The first-order valence-electron chi connectivity index (χ1n) is 6.29. The molecular formula is C18H14S. The predicted octanol–water partition coefficient (Wildman–Crippen LogP) is 5.59. The quantitative estimate of drug-likeness (QED) is 0.577. The van der Waals surface area contributed by atoms with Gasteiger partial charge in [-0.3, -0.25) is 0 Å². The zero-order valence-corrected chi connectivity index (χ0v) is 11.3. The van der Waals surface area contributed by atoms with Crippen LogP contribution in [0.15, 0.2) is 72.1 Å². The lowest BCUT2D eigenvalue weighted by Crippen LogP contribution is -1.70. The molecule has 2 aromatic carbocycles. The summed E-state index contributed by atoms with van der Waals surface area (Å²) in [6.45, 7) is 0. The summed E-state index contributed by atoms with van der Waals surface area (Å²) in [6, 6.07) is 23.1. The van der Waals surface area contributed by atoms with Gasteiger partial charge < -0.3 is 0 Å². The van der Waals surface area contributed by atoms with E-state index in [1.54, 1.807) is 11.3 Å². The molecular weight excluding hydrogens is 248 g/mol. The van der Waals surface area contributed by atoms with Crippen molar-refractivity contribution in [2.75, 3.05) is 0 Å². The zero-order valence-electron chi connectivity index (χ0n) is 10.5. The van der Waals surface area contributed by atoms with E-state index >= 15 is 0 Å². The van der Waals surface area contributed by atoms with Gasteiger partial charge in [0.1, 0.15) is 0 Å². The van der Waals surface area contributed by atoms with Gasteiger partial charge in [-0.05, 0) is 28.1 Å². The lowest BCUT2D eigenvalue weighted by atomic mass is 10.1. The van der Waals surface area contributed by atoms with Crippen LogP contribution in [0.25, 0.3) is 22.6 Å².